The molecular formula is C14H17FN2O2. The van der Waals surface area contributed by atoms with Crippen molar-refractivity contribution in [2.24, 2.45) is 0 Å². The molecule has 0 unspecified atom stereocenters. The zero-order chi connectivity index (χ0) is 13.6. The molecule has 1 amide bonds. The van der Waals surface area contributed by atoms with E-state index in [0.717, 1.165) is 30.5 Å². The summed E-state index contributed by atoms with van der Waals surface area (Å²) in [7, 11) is 0. The SMILES string of the molecule is C[C@H]1c2c(F)cc(C(=O)NO)cc2CN2CCC[C@@H]12. The van der Waals surface area contributed by atoms with Crippen LogP contribution in [0.2, 0.25) is 0 Å². The molecule has 0 spiro atoms. The number of carbonyl (C=O) groups is 1. The van der Waals surface area contributed by atoms with Gasteiger partial charge in [-0.1, -0.05) is 6.92 Å². The van der Waals surface area contributed by atoms with Crippen LogP contribution in [0.1, 0.15) is 47.2 Å². The van der Waals surface area contributed by atoms with Crippen LogP contribution in [0.15, 0.2) is 12.1 Å². The number of fused-ring (bicyclic) bond motifs is 2. The van der Waals surface area contributed by atoms with Crippen LogP contribution < -0.4 is 5.48 Å². The first-order valence-electron chi connectivity index (χ1n) is 6.62. The quantitative estimate of drug-likeness (QED) is 0.603. The molecule has 4 nitrogen and oxygen atoms in total. The largest absolute Gasteiger partial charge is 0.296 e. The molecule has 2 heterocycles. The van der Waals surface area contributed by atoms with E-state index in [1.54, 1.807) is 11.5 Å². The molecule has 0 aliphatic carbocycles. The normalized spacial score (nSPS) is 25.8. The lowest BCUT2D eigenvalue weighted by Gasteiger charge is -2.37. The average Bonchev–Trinajstić information content (AvgIpc) is 2.85. The van der Waals surface area contributed by atoms with Gasteiger partial charge in [-0.3, -0.25) is 14.9 Å². The molecule has 102 valence electrons. The van der Waals surface area contributed by atoms with Gasteiger partial charge in [0.2, 0.25) is 0 Å². The van der Waals surface area contributed by atoms with Gasteiger partial charge in [0.25, 0.3) is 5.91 Å². The minimum absolute atomic E-state index is 0.150. The Morgan fingerprint density at radius 2 is 2.32 bits per heavy atom. The van der Waals surface area contributed by atoms with Gasteiger partial charge in [0.15, 0.2) is 0 Å². The molecular weight excluding hydrogens is 247 g/mol. The number of amides is 1. The van der Waals surface area contributed by atoms with Crippen LogP contribution in [0.4, 0.5) is 4.39 Å². The fourth-order valence-electron chi connectivity index (χ4n) is 3.54. The van der Waals surface area contributed by atoms with Crippen molar-refractivity contribution in [3.8, 4) is 0 Å². The summed E-state index contributed by atoms with van der Waals surface area (Å²) < 4.78 is 14.3. The third-order valence-corrected chi connectivity index (χ3v) is 4.40. The minimum atomic E-state index is -0.669. The van der Waals surface area contributed by atoms with E-state index in [1.807, 2.05) is 0 Å². The highest BCUT2D eigenvalue weighted by molar-refractivity contribution is 5.93. The lowest BCUT2D eigenvalue weighted by atomic mass is 9.83. The molecule has 3 rings (SSSR count). The van der Waals surface area contributed by atoms with Gasteiger partial charge < -0.3 is 0 Å². The monoisotopic (exact) mass is 264 g/mol. The Bertz CT molecular complexity index is 532. The molecule has 0 aromatic heterocycles. The second kappa shape index (κ2) is 4.58. The number of hydroxylamine groups is 1. The Labute approximate surface area is 111 Å². The van der Waals surface area contributed by atoms with Crippen molar-refractivity contribution in [3.63, 3.8) is 0 Å². The fraction of sp³-hybridized carbons (Fsp3) is 0.500. The van der Waals surface area contributed by atoms with Crippen LogP contribution in [0, 0.1) is 5.82 Å². The second-order valence-electron chi connectivity index (χ2n) is 5.44. The Hall–Kier alpha value is -1.46. The summed E-state index contributed by atoms with van der Waals surface area (Å²) in [4.78, 5) is 13.8. The number of hydrogen-bond donors (Lipinski definition) is 2. The van der Waals surface area contributed by atoms with Crippen molar-refractivity contribution in [2.75, 3.05) is 6.54 Å². The third kappa shape index (κ3) is 1.93. The van der Waals surface area contributed by atoms with E-state index < -0.39 is 5.91 Å². The molecule has 1 aromatic carbocycles. The van der Waals surface area contributed by atoms with E-state index >= 15 is 0 Å². The number of benzene rings is 1. The van der Waals surface area contributed by atoms with Crippen LogP contribution >= 0.6 is 0 Å². The number of nitrogens with one attached hydrogen (secondary N) is 1. The minimum Gasteiger partial charge on any atom is -0.296 e. The molecule has 2 aliphatic rings. The molecule has 1 aromatic rings. The standard InChI is InChI=1S/C14H17FN2O2/c1-8-12-3-2-4-17(12)7-10-5-9(14(18)16-19)6-11(15)13(8)10/h5-6,8,12,19H,2-4,7H2,1H3,(H,16,18)/t8-,12+/m1/s1. The maximum absolute atomic E-state index is 14.3. The molecule has 0 radical (unpaired) electrons. The molecule has 1 fully saturated rings. The van der Waals surface area contributed by atoms with Crippen LogP contribution in [0.25, 0.3) is 0 Å². The third-order valence-electron chi connectivity index (χ3n) is 4.40. The van der Waals surface area contributed by atoms with Crippen molar-refractivity contribution in [1.82, 2.24) is 10.4 Å². The zero-order valence-electron chi connectivity index (χ0n) is 10.8. The van der Waals surface area contributed by atoms with Gasteiger partial charge in [-0.2, -0.15) is 0 Å². The maximum atomic E-state index is 14.3. The highest BCUT2D eigenvalue weighted by atomic mass is 19.1. The maximum Gasteiger partial charge on any atom is 0.274 e. The number of carbonyl (C=O) groups excluding carboxylic acids is 1. The highest BCUT2D eigenvalue weighted by Gasteiger charge is 2.37. The van der Waals surface area contributed by atoms with Crippen LogP contribution in [0.5, 0.6) is 0 Å². The number of halogens is 1. The van der Waals surface area contributed by atoms with Crippen molar-refractivity contribution in [3.05, 3.63) is 34.6 Å². The Balaban J connectivity index is 2.06. The lowest BCUT2D eigenvalue weighted by molar-refractivity contribution is 0.0705. The summed E-state index contributed by atoms with van der Waals surface area (Å²) in [5.74, 6) is -0.856. The molecule has 19 heavy (non-hydrogen) atoms. The van der Waals surface area contributed by atoms with Gasteiger partial charge in [-0.25, -0.2) is 9.87 Å². The second-order valence-corrected chi connectivity index (χ2v) is 5.44. The lowest BCUT2D eigenvalue weighted by Crippen LogP contribution is -2.38. The predicted octanol–water partition coefficient (Wildman–Crippen LogP) is 2.03. The Morgan fingerprint density at radius 3 is 3.05 bits per heavy atom. The van der Waals surface area contributed by atoms with Crippen LogP contribution in [-0.4, -0.2) is 28.6 Å². The summed E-state index contributed by atoms with van der Waals surface area (Å²) in [5.41, 5.74) is 3.32. The van der Waals surface area contributed by atoms with Gasteiger partial charge in [0, 0.05) is 18.2 Å². The first kappa shape index (κ1) is 12.6. The average molecular weight is 264 g/mol. The van der Waals surface area contributed by atoms with E-state index in [4.69, 9.17) is 5.21 Å². The van der Waals surface area contributed by atoms with Gasteiger partial charge in [0.1, 0.15) is 5.82 Å². The Kier molecular flexibility index (Phi) is 3.03. The Morgan fingerprint density at radius 1 is 1.53 bits per heavy atom. The molecule has 2 aliphatic heterocycles. The van der Waals surface area contributed by atoms with E-state index in [0.29, 0.717) is 12.6 Å². The number of rotatable bonds is 1. The summed E-state index contributed by atoms with van der Waals surface area (Å²) >= 11 is 0. The molecule has 1 saturated heterocycles. The molecule has 5 heteroatoms. The number of nitrogens with zero attached hydrogens (tertiary/aromatic N) is 1. The van der Waals surface area contributed by atoms with Crippen molar-refractivity contribution in [2.45, 2.75) is 38.3 Å². The van der Waals surface area contributed by atoms with E-state index in [1.165, 1.54) is 6.07 Å². The first-order chi connectivity index (χ1) is 9.11. The predicted molar refractivity (Wildman–Crippen MR) is 67.5 cm³/mol. The van der Waals surface area contributed by atoms with E-state index in [9.17, 15) is 9.18 Å². The molecule has 2 atom stereocenters. The molecule has 0 saturated carbocycles. The summed E-state index contributed by atoms with van der Waals surface area (Å²) in [5, 5.41) is 8.65. The topological polar surface area (TPSA) is 52.6 Å². The van der Waals surface area contributed by atoms with Crippen molar-refractivity contribution >= 4 is 5.91 Å². The van der Waals surface area contributed by atoms with Crippen molar-refractivity contribution < 1.29 is 14.4 Å². The first-order valence-corrected chi connectivity index (χ1v) is 6.62. The van der Waals surface area contributed by atoms with E-state index in [-0.39, 0.29) is 17.3 Å². The van der Waals surface area contributed by atoms with Gasteiger partial charge in [-0.15, -0.1) is 0 Å². The summed E-state index contributed by atoms with van der Waals surface area (Å²) in [6, 6.07) is 3.32. The zero-order valence-corrected chi connectivity index (χ0v) is 10.8. The summed E-state index contributed by atoms with van der Waals surface area (Å²) in [6.07, 6.45) is 2.26. The van der Waals surface area contributed by atoms with Crippen LogP contribution in [0.3, 0.4) is 0 Å². The number of hydrogen-bond acceptors (Lipinski definition) is 3. The van der Waals surface area contributed by atoms with Crippen molar-refractivity contribution in [1.29, 1.82) is 0 Å². The van der Waals surface area contributed by atoms with Gasteiger partial charge in [0.05, 0.1) is 0 Å². The fourth-order valence-corrected chi connectivity index (χ4v) is 3.54. The van der Waals surface area contributed by atoms with Gasteiger partial charge in [-0.05, 0) is 48.6 Å². The van der Waals surface area contributed by atoms with E-state index in [2.05, 4.69) is 11.8 Å². The highest BCUT2D eigenvalue weighted by Crippen LogP contribution is 2.40. The van der Waals surface area contributed by atoms with Crippen LogP contribution in [-0.2, 0) is 6.54 Å². The smallest absolute Gasteiger partial charge is 0.274 e. The van der Waals surface area contributed by atoms with Gasteiger partial charge >= 0.3 is 0 Å². The summed E-state index contributed by atoms with van der Waals surface area (Å²) in [6.45, 7) is 3.77. The molecule has 0 bridgehead atoms. The molecule has 2 N–H and O–H groups in total.